The van der Waals surface area contributed by atoms with Crippen molar-refractivity contribution in [1.82, 2.24) is 14.5 Å². The number of piperidine rings is 1. The number of carbonyl (C=O) groups is 1. The van der Waals surface area contributed by atoms with E-state index in [1.807, 2.05) is 53.2 Å². The summed E-state index contributed by atoms with van der Waals surface area (Å²) < 4.78 is 8.09. The Labute approximate surface area is 147 Å². The minimum atomic E-state index is -0.223. The molecule has 6 heteroatoms. The van der Waals surface area contributed by atoms with Crippen molar-refractivity contribution in [2.24, 2.45) is 7.05 Å². The zero-order chi connectivity index (χ0) is 17.3. The van der Waals surface area contributed by atoms with Crippen molar-refractivity contribution in [1.29, 1.82) is 0 Å². The predicted molar refractivity (Wildman–Crippen MR) is 95.5 cm³/mol. The van der Waals surface area contributed by atoms with Crippen LogP contribution in [0.15, 0.2) is 42.9 Å². The van der Waals surface area contributed by atoms with Crippen LogP contribution in [0.3, 0.4) is 0 Å². The number of amides is 1. The molecule has 2 atom stereocenters. The third-order valence-electron chi connectivity index (χ3n) is 5.23. The van der Waals surface area contributed by atoms with Gasteiger partial charge in [0.1, 0.15) is 5.69 Å². The largest absolute Gasteiger partial charge is 0.379 e. The molecule has 25 heavy (non-hydrogen) atoms. The molecule has 0 radical (unpaired) electrons. The van der Waals surface area contributed by atoms with E-state index in [9.17, 15) is 4.79 Å². The molecule has 0 bridgehead atoms. The van der Waals surface area contributed by atoms with Crippen LogP contribution in [0.25, 0.3) is 0 Å². The van der Waals surface area contributed by atoms with Gasteiger partial charge in [0, 0.05) is 38.6 Å². The molecule has 2 aliphatic heterocycles. The molecule has 2 fully saturated rings. The van der Waals surface area contributed by atoms with Gasteiger partial charge in [0.25, 0.3) is 5.91 Å². The van der Waals surface area contributed by atoms with Crippen molar-refractivity contribution in [3.8, 4) is 0 Å². The van der Waals surface area contributed by atoms with Gasteiger partial charge in [-0.05, 0) is 37.1 Å². The molecule has 0 aliphatic carbocycles. The zero-order valence-electron chi connectivity index (χ0n) is 14.5. The maximum atomic E-state index is 12.8. The number of anilines is 1. The number of nitrogens with one attached hydrogen (secondary N) is 1. The van der Waals surface area contributed by atoms with Gasteiger partial charge in [0.15, 0.2) is 0 Å². The standard InChI is InChI=1S/C19H24N4O2/c1-22-9-3-6-17(22)18(24)23-10-4-7-19(14-23)11-16(13-25-19)21-15-5-2-8-20-12-15/h2-3,5-6,8-9,12,16,21H,4,7,10-11,13-14H2,1H3/t16-,19+/m1/s1. The van der Waals surface area contributed by atoms with Crippen molar-refractivity contribution < 1.29 is 9.53 Å². The average molecular weight is 340 g/mol. The number of carbonyl (C=O) groups excluding carboxylic acids is 1. The van der Waals surface area contributed by atoms with Crippen LogP contribution in [0, 0.1) is 0 Å². The highest BCUT2D eigenvalue weighted by Crippen LogP contribution is 2.36. The lowest BCUT2D eigenvalue weighted by Crippen LogP contribution is -2.50. The summed E-state index contributed by atoms with van der Waals surface area (Å²) in [6.45, 7) is 2.14. The van der Waals surface area contributed by atoms with Gasteiger partial charge in [-0.3, -0.25) is 9.78 Å². The Hall–Kier alpha value is -2.34. The van der Waals surface area contributed by atoms with Crippen molar-refractivity contribution in [2.75, 3.05) is 25.0 Å². The predicted octanol–water partition coefficient (Wildman–Crippen LogP) is 2.30. The van der Waals surface area contributed by atoms with E-state index >= 15 is 0 Å². The molecule has 2 aromatic heterocycles. The maximum absolute atomic E-state index is 12.8. The van der Waals surface area contributed by atoms with Crippen molar-refractivity contribution >= 4 is 11.6 Å². The molecule has 1 amide bonds. The Balaban J connectivity index is 1.42. The van der Waals surface area contributed by atoms with Gasteiger partial charge in [0.05, 0.1) is 30.5 Å². The number of likely N-dealkylation sites (tertiary alicyclic amines) is 1. The number of aryl methyl sites for hydroxylation is 1. The highest BCUT2D eigenvalue weighted by atomic mass is 16.5. The molecule has 0 saturated carbocycles. The summed E-state index contributed by atoms with van der Waals surface area (Å²) in [4.78, 5) is 18.9. The fraction of sp³-hybridized carbons (Fsp3) is 0.474. The topological polar surface area (TPSA) is 59.4 Å². The highest BCUT2D eigenvalue weighted by Gasteiger charge is 2.44. The average Bonchev–Trinajstić information content (AvgIpc) is 3.22. The van der Waals surface area contributed by atoms with E-state index in [0.717, 1.165) is 37.2 Å². The van der Waals surface area contributed by atoms with E-state index in [-0.39, 0.29) is 17.6 Å². The smallest absolute Gasteiger partial charge is 0.270 e. The van der Waals surface area contributed by atoms with Crippen LogP contribution in [0.5, 0.6) is 0 Å². The fourth-order valence-corrected chi connectivity index (χ4v) is 4.02. The summed E-state index contributed by atoms with van der Waals surface area (Å²) in [7, 11) is 1.91. The lowest BCUT2D eigenvalue weighted by atomic mass is 9.88. The van der Waals surface area contributed by atoms with E-state index < -0.39 is 0 Å². The summed E-state index contributed by atoms with van der Waals surface area (Å²) in [5.74, 6) is 0.0962. The Morgan fingerprint density at radius 1 is 1.40 bits per heavy atom. The second-order valence-electron chi connectivity index (χ2n) is 7.12. The normalized spacial score (nSPS) is 26.1. The second-order valence-corrected chi connectivity index (χ2v) is 7.12. The first kappa shape index (κ1) is 16.1. The lowest BCUT2D eigenvalue weighted by Gasteiger charge is -2.39. The molecule has 6 nitrogen and oxygen atoms in total. The van der Waals surface area contributed by atoms with Crippen molar-refractivity contribution in [2.45, 2.75) is 30.9 Å². The van der Waals surface area contributed by atoms with Gasteiger partial charge in [-0.15, -0.1) is 0 Å². The highest BCUT2D eigenvalue weighted by molar-refractivity contribution is 5.92. The van der Waals surface area contributed by atoms with Gasteiger partial charge in [-0.1, -0.05) is 0 Å². The summed E-state index contributed by atoms with van der Waals surface area (Å²) >= 11 is 0. The Morgan fingerprint density at radius 3 is 3.08 bits per heavy atom. The van der Waals surface area contributed by atoms with Crippen molar-refractivity contribution in [3.05, 3.63) is 48.5 Å². The third kappa shape index (κ3) is 3.26. The Kier molecular flexibility index (Phi) is 4.21. The quantitative estimate of drug-likeness (QED) is 0.931. The molecule has 0 unspecified atom stereocenters. The van der Waals surface area contributed by atoms with E-state index in [1.165, 1.54) is 0 Å². The molecule has 1 N–H and O–H groups in total. The number of hydrogen-bond acceptors (Lipinski definition) is 4. The minimum Gasteiger partial charge on any atom is -0.379 e. The summed E-state index contributed by atoms with van der Waals surface area (Å²) in [6, 6.07) is 7.99. The van der Waals surface area contributed by atoms with E-state index in [1.54, 1.807) is 6.20 Å². The Bertz CT molecular complexity index is 745. The number of hydrogen-bond donors (Lipinski definition) is 1. The molecule has 2 saturated heterocycles. The zero-order valence-corrected chi connectivity index (χ0v) is 14.5. The number of pyridine rings is 1. The number of rotatable bonds is 3. The first-order chi connectivity index (χ1) is 12.2. The van der Waals surface area contributed by atoms with Crippen molar-refractivity contribution in [3.63, 3.8) is 0 Å². The molecular formula is C19H24N4O2. The summed E-state index contributed by atoms with van der Waals surface area (Å²) in [5, 5.41) is 3.50. The molecule has 2 aliphatic rings. The van der Waals surface area contributed by atoms with Crippen LogP contribution in [0.2, 0.25) is 0 Å². The third-order valence-corrected chi connectivity index (χ3v) is 5.23. The molecule has 4 rings (SSSR count). The number of ether oxygens (including phenoxy) is 1. The first-order valence-electron chi connectivity index (χ1n) is 8.86. The summed E-state index contributed by atoms with van der Waals surface area (Å²) in [5.41, 5.74) is 1.53. The lowest BCUT2D eigenvalue weighted by molar-refractivity contribution is -0.0449. The van der Waals surface area contributed by atoms with Gasteiger partial charge >= 0.3 is 0 Å². The second kappa shape index (κ2) is 6.52. The van der Waals surface area contributed by atoms with Gasteiger partial charge < -0.3 is 19.5 Å². The van der Waals surface area contributed by atoms with Crippen LogP contribution in [-0.2, 0) is 11.8 Å². The molecule has 4 heterocycles. The van der Waals surface area contributed by atoms with Gasteiger partial charge in [-0.2, -0.15) is 0 Å². The molecular weight excluding hydrogens is 316 g/mol. The Morgan fingerprint density at radius 2 is 2.32 bits per heavy atom. The van der Waals surface area contributed by atoms with E-state index in [0.29, 0.717) is 13.2 Å². The monoisotopic (exact) mass is 340 g/mol. The molecule has 2 aromatic rings. The number of aromatic nitrogens is 2. The van der Waals surface area contributed by atoms with Gasteiger partial charge in [-0.25, -0.2) is 0 Å². The first-order valence-corrected chi connectivity index (χ1v) is 8.86. The van der Waals surface area contributed by atoms with Crippen LogP contribution in [0.4, 0.5) is 5.69 Å². The van der Waals surface area contributed by atoms with Crippen LogP contribution >= 0.6 is 0 Å². The SMILES string of the molecule is Cn1cccc1C(=O)N1CCC[C@]2(C[C@@H](Nc3cccnc3)CO2)C1. The van der Waals surface area contributed by atoms with E-state index in [2.05, 4.69) is 10.3 Å². The fourth-order valence-electron chi connectivity index (χ4n) is 4.02. The maximum Gasteiger partial charge on any atom is 0.270 e. The summed E-state index contributed by atoms with van der Waals surface area (Å²) in [6.07, 6.45) is 8.42. The minimum absolute atomic E-state index is 0.0962. The van der Waals surface area contributed by atoms with E-state index in [4.69, 9.17) is 4.74 Å². The van der Waals surface area contributed by atoms with Crippen LogP contribution in [0.1, 0.15) is 29.8 Å². The molecule has 132 valence electrons. The van der Waals surface area contributed by atoms with Crippen LogP contribution in [-0.4, -0.2) is 51.7 Å². The van der Waals surface area contributed by atoms with Crippen LogP contribution < -0.4 is 5.32 Å². The number of nitrogens with zero attached hydrogens (tertiary/aromatic N) is 3. The molecule has 1 spiro atoms. The van der Waals surface area contributed by atoms with Gasteiger partial charge in [0.2, 0.25) is 0 Å². The molecule has 0 aromatic carbocycles.